The second-order valence-corrected chi connectivity index (χ2v) is 7.06. The maximum absolute atomic E-state index is 5.37. The van der Waals surface area contributed by atoms with Gasteiger partial charge < -0.3 is 4.43 Å². The minimum Gasteiger partial charge on any atom is -0.418 e. The van der Waals surface area contributed by atoms with Crippen LogP contribution in [0.3, 0.4) is 0 Å². The highest BCUT2D eigenvalue weighted by molar-refractivity contribution is 6.69. The SMILES string of the molecule is CCO[Si](C)(C)C.[SiH4]. The first-order chi connectivity index (χ1) is 3.06. The van der Waals surface area contributed by atoms with Gasteiger partial charge in [0.1, 0.15) is 0 Å². The Morgan fingerprint density at radius 3 is 1.62 bits per heavy atom. The van der Waals surface area contributed by atoms with E-state index in [0.717, 1.165) is 6.61 Å². The van der Waals surface area contributed by atoms with Gasteiger partial charge in [-0.05, 0) is 37.5 Å². The molecular formula is C5H18OSi2. The minimum absolute atomic E-state index is 0. The van der Waals surface area contributed by atoms with Crippen molar-refractivity contribution < 1.29 is 4.43 Å². The van der Waals surface area contributed by atoms with Crippen LogP contribution in [0.5, 0.6) is 0 Å². The van der Waals surface area contributed by atoms with Crippen LogP contribution in [-0.2, 0) is 4.43 Å². The van der Waals surface area contributed by atoms with Crippen molar-refractivity contribution in [2.24, 2.45) is 0 Å². The Morgan fingerprint density at radius 1 is 1.25 bits per heavy atom. The van der Waals surface area contributed by atoms with E-state index in [9.17, 15) is 0 Å². The molecular weight excluding hydrogens is 132 g/mol. The Balaban J connectivity index is 0. The van der Waals surface area contributed by atoms with E-state index >= 15 is 0 Å². The fraction of sp³-hybridized carbons (Fsp3) is 1.00. The molecule has 0 saturated heterocycles. The quantitative estimate of drug-likeness (QED) is 0.518. The highest BCUT2D eigenvalue weighted by Crippen LogP contribution is 2.00. The molecule has 3 heteroatoms. The summed E-state index contributed by atoms with van der Waals surface area (Å²) >= 11 is 0. The van der Waals surface area contributed by atoms with Crippen LogP contribution >= 0.6 is 0 Å². The largest absolute Gasteiger partial charge is 0.418 e. The van der Waals surface area contributed by atoms with E-state index < -0.39 is 8.32 Å². The van der Waals surface area contributed by atoms with E-state index in [4.69, 9.17) is 4.43 Å². The van der Waals surface area contributed by atoms with Crippen LogP contribution < -0.4 is 0 Å². The van der Waals surface area contributed by atoms with Gasteiger partial charge in [-0.1, -0.05) is 0 Å². The Labute approximate surface area is 57.6 Å². The molecule has 0 fully saturated rings. The lowest BCUT2D eigenvalue weighted by molar-refractivity contribution is 0.334. The Kier molecular flexibility index (Phi) is 6.02. The Morgan fingerprint density at radius 2 is 1.62 bits per heavy atom. The van der Waals surface area contributed by atoms with Crippen molar-refractivity contribution in [1.82, 2.24) is 0 Å². The maximum atomic E-state index is 5.37. The molecule has 52 valence electrons. The van der Waals surface area contributed by atoms with Crippen molar-refractivity contribution in [1.29, 1.82) is 0 Å². The van der Waals surface area contributed by atoms with Crippen LogP contribution in [0.4, 0.5) is 0 Å². The van der Waals surface area contributed by atoms with Crippen molar-refractivity contribution in [3.8, 4) is 0 Å². The van der Waals surface area contributed by atoms with E-state index in [-0.39, 0.29) is 11.0 Å². The van der Waals surface area contributed by atoms with Gasteiger partial charge in [0.25, 0.3) is 0 Å². The predicted octanol–water partition coefficient (Wildman–Crippen LogP) is 0.406. The molecule has 0 aliphatic heterocycles. The topological polar surface area (TPSA) is 9.23 Å². The standard InChI is InChI=1S/C5H14OSi.H4Si/c1-5-6-7(2,3)4;/h5H2,1-4H3;1H4. The molecule has 0 heterocycles. The second kappa shape index (κ2) is 4.29. The molecule has 0 rings (SSSR count). The summed E-state index contributed by atoms with van der Waals surface area (Å²) in [6.45, 7) is 9.48. The summed E-state index contributed by atoms with van der Waals surface area (Å²) in [6, 6.07) is 0. The van der Waals surface area contributed by atoms with Gasteiger partial charge in [0.05, 0.1) is 0 Å². The summed E-state index contributed by atoms with van der Waals surface area (Å²) in [5.41, 5.74) is 0. The zero-order chi connectivity index (χ0) is 5.91. The first-order valence-electron chi connectivity index (χ1n) is 2.70. The Hall–Kier alpha value is 0.394. The van der Waals surface area contributed by atoms with Crippen LogP contribution in [-0.4, -0.2) is 25.9 Å². The van der Waals surface area contributed by atoms with Gasteiger partial charge in [-0.3, -0.25) is 0 Å². The minimum atomic E-state index is -1.16. The maximum Gasteiger partial charge on any atom is 0.183 e. The van der Waals surface area contributed by atoms with Crippen molar-refractivity contribution >= 4 is 19.3 Å². The van der Waals surface area contributed by atoms with Crippen molar-refractivity contribution in [2.75, 3.05) is 6.61 Å². The van der Waals surface area contributed by atoms with E-state index in [2.05, 4.69) is 19.6 Å². The van der Waals surface area contributed by atoms with Crippen molar-refractivity contribution in [2.45, 2.75) is 26.6 Å². The third-order valence-electron chi connectivity index (χ3n) is 0.577. The van der Waals surface area contributed by atoms with Crippen LogP contribution in [0.2, 0.25) is 19.6 Å². The smallest absolute Gasteiger partial charge is 0.183 e. The molecule has 0 radical (unpaired) electrons. The fourth-order valence-corrected chi connectivity index (χ4v) is 1.30. The molecule has 0 aliphatic carbocycles. The highest BCUT2D eigenvalue weighted by atomic mass is 28.4. The van der Waals surface area contributed by atoms with Gasteiger partial charge in [0.2, 0.25) is 0 Å². The van der Waals surface area contributed by atoms with E-state index in [1.165, 1.54) is 0 Å². The zero-order valence-corrected chi connectivity index (χ0v) is 6.62. The lowest BCUT2D eigenvalue weighted by atomic mass is 10.9. The highest BCUT2D eigenvalue weighted by Gasteiger charge is 2.11. The number of hydrogen-bond donors (Lipinski definition) is 0. The zero-order valence-electron chi connectivity index (χ0n) is 5.62. The summed E-state index contributed by atoms with van der Waals surface area (Å²) in [6.07, 6.45) is 0. The molecule has 0 aromatic carbocycles. The van der Waals surface area contributed by atoms with Crippen LogP contribution in [0.25, 0.3) is 0 Å². The molecule has 0 amide bonds. The van der Waals surface area contributed by atoms with Gasteiger partial charge in [0, 0.05) is 6.61 Å². The van der Waals surface area contributed by atoms with E-state index in [0.29, 0.717) is 0 Å². The van der Waals surface area contributed by atoms with Gasteiger partial charge in [-0.2, -0.15) is 0 Å². The molecule has 0 atom stereocenters. The normalized spacial score (nSPS) is 10.5. The van der Waals surface area contributed by atoms with Gasteiger partial charge in [-0.15, -0.1) is 0 Å². The third-order valence-corrected chi connectivity index (χ3v) is 1.73. The van der Waals surface area contributed by atoms with Gasteiger partial charge in [-0.25, -0.2) is 0 Å². The lowest BCUT2D eigenvalue weighted by Gasteiger charge is -2.14. The van der Waals surface area contributed by atoms with Crippen LogP contribution in [0.15, 0.2) is 0 Å². The molecule has 0 saturated carbocycles. The fourth-order valence-electron chi connectivity index (χ4n) is 0.433. The van der Waals surface area contributed by atoms with Crippen molar-refractivity contribution in [3.63, 3.8) is 0 Å². The first kappa shape index (κ1) is 11.2. The summed E-state index contributed by atoms with van der Waals surface area (Å²) in [5.74, 6) is 0. The van der Waals surface area contributed by atoms with E-state index in [1.807, 2.05) is 6.92 Å². The molecule has 0 aromatic rings. The van der Waals surface area contributed by atoms with Gasteiger partial charge >= 0.3 is 0 Å². The van der Waals surface area contributed by atoms with Crippen LogP contribution in [0.1, 0.15) is 6.92 Å². The average Bonchev–Trinajstić information content (AvgIpc) is 1.30. The second-order valence-electron chi connectivity index (χ2n) is 2.55. The lowest BCUT2D eigenvalue weighted by Crippen LogP contribution is -2.24. The molecule has 0 bridgehead atoms. The Bertz CT molecular complexity index is 48.9. The molecule has 0 spiro atoms. The summed E-state index contributed by atoms with van der Waals surface area (Å²) in [4.78, 5) is 0. The molecule has 1 nitrogen and oxygen atoms in total. The monoisotopic (exact) mass is 150 g/mol. The first-order valence-corrected chi connectivity index (χ1v) is 6.11. The third kappa shape index (κ3) is 9.64. The average molecular weight is 150 g/mol. The van der Waals surface area contributed by atoms with Crippen LogP contribution in [0, 0.1) is 0 Å². The summed E-state index contributed by atoms with van der Waals surface area (Å²) < 4.78 is 5.37. The van der Waals surface area contributed by atoms with Gasteiger partial charge in [0.15, 0.2) is 8.32 Å². The molecule has 0 aliphatic rings. The molecule has 0 aromatic heterocycles. The van der Waals surface area contributed by atoms with E-state index in [1.54, 1.807) is 0 Å². The summed E-state index contributed by atoms with van der Waals surface area (Å²) in [7, 11) is -1.16. The number of rotatable bonds is 2. The van der Waals surface area contributed by atoms with Crippen molar-refractivity contribution in [3.05, 3.63) is 0 Å². The number of hydrogen-bond acceptors (Lipinski definition) is 1. The summed E-state index contributed by atoms with van der Waals surface area (Å²) in [5, 5.41) is 0. The molecule has 0 unspecified atom stereocenters. The molecule has 8 heavy (non-hydrogen) atoms. The predicted molar refractivity (Wildman–Crippen MR) is 46.3 cm³/mol. The molecule has 0 N–H and O–H groups in total.